The Morgan fingerprint density at radius 3 is 2.91 bits per heavy atom. The van der Waals surface area contributed by atoms with E-state index in [0.29, 0.717) is 17.0 Å². The standard InChI is InChI=1S/C18H13N3O2/c22-18(21-14-6-7-15-13(11-14)8-10-19-15)23-16-5-1-3-12-4-2-9-20-17(12)16/h1-11,19H,(H,21,22). The van der Waals surface area contributed by atoms with E-state index in [-0.39, 0.29) is 0 Å². The summed E-state index contributed by atoms with van der Waals surface area (Å²) in [7, 11) is 0. The fourth-order valence-electron chi connectivity index (χ4n) is 2.53. The number of aromatic nitrogens is 2. The van der Waals surface area contributed by atoms with Crippen molar-refractivity contribution in [1.82, 2.24) is 9.97 Å². The van der Waals surface area contributed by atoms with E-state index in [1.807, 2.05) is 54.7 Å². The number of nitrogens with zero attached hydrogens (tertiary/aromatic N) is 1. The summed E-state index contributed by atoms with van der Waals surface area (Å²) in [6, 6.07) is 16.8. The van der Waals surface area contributed by atoms with Crippen LogP contribution in [0, 0.1) is 0 Å². The topological polar surface area (TPSA) is 67.0 Å². The smallest absolute Gasteiger partial charge is 0.408 e. The van der Waals surface area contributed by atoms with Gasteiger partial charge in [0.2, 0.25) is 0 Å². The number of H-pyrrole nitrogens is 1. The second-order valence-corrected chi connectivity index (χ2v) is 5.13. The lowest BCUT2D eigenvalue weighted by atomic mass is 10.2. The van der Waals surface area contributed by atoms with E-state index in [0.717, 1.165) is 16.3 Å². The lowest BCUT2D eigenvalue weighted by Crippen LogP contribution is -2.16. The molecule has 2 aromatic heterocycles. The van der Waals surface area contributed by atoms with E-state index < -0.39 is 6.09 Å². The van der Waals surface area contributed by atoms with Gasteiger partial charge in [0.25, 0.3) is 0 Å². The van der Waals surface area contributed by atoms with Gasteiger partial charge in [-0.2, -0.15) is 0 Å². The molecule has 0 aliphatic carbocycles. The molecule has 2 N–H and O–H groups in total. The zero-order chi connectivity index (χ0) is 15.6. The molecule has 0 spiro atoms. The van der Waals surface area contributed by atoms with Crippen LogP contribution in [-0.2, 0) is 0 Å². The zero-order valence-electron chi connectivity index (χ0n) is 12.1. The summed E-state index contributed by atoms with van der Waals surface area (Å²) < 4.78 is 5.40. The lowest BCUT2D eigenvalue weighted by molar-refractivity contribution is 0.215. The summed E-state index contributed by atoms with van der Waals surface area (Å²) in [5.41, 5.74) is 2.35. The second kappa shape index (κ2) is 5.46. The van der Waals surface area contributed by atoms with Crippen LogP contribution >= 0.6 is 0 Å². The number of carbonyl (C=O) groups is 1. The first-order chi connectivity index (χ1) is 11.3. The van der Waals surface area contributed by atoms with Gasteiger partial charge in [-0.05, 0) is 36.4 Å². The van der Waals surface area contributed by atoms with Gasteiger partial charge in [0.05, 0.1) is 0 Å². The highest BCUT2D eigenvalue weighted by Crippen LogP contribution is 2.24. The van der Waals surface area contributed by atoms with Gasteiger partial charge >= 0.3 is 6.09 Å². The summed E-state index contributed by atoms with van der Waals surface area (Å²) in [6.07, 6.45) is 2.99. The van der Waals surface area contributed by atoms with E-state index in [2.05, 4.69) is 15.3 Å². The maximum atomic E-state index is 12.1. The Bertz CT molecular complexity index is 1000. The Labute approximate surface area is 131 Å². The molecule has 4 rings (SSSR count). The number of pyridine rings is 1. The van der Waals surface area contributed by atoms with Crippen molar-refractivity contribution in [2.75, 3.05) is 5.32 Å². The number of para-hydroxylation sites is 1. The largest absolute Gasteiger partial charge is 0.417 e. The van der Waals surface area contributed by atoms with Crippen molar-refractivity contribution in [1.29, 1.82) is 0 Å². The number of nitrogens with one attached hydrogen (secondary N) is 2. The minimum Gasteiger partial charge on any atom is -0.408 e. The molecule has 0 saturated heterocycles. The van der Waals surface area contributed by atoms with Crippen molar-refractivity contribution in [2.45, 2.75) is 0 Å². The van der Waals surface area contributed by atoms with Crippen LogP contribution in [0.25, 0.3) is 21.8 Å². The normalized spacial score (nSPS) is 10.8. The quantitative estimate of drug-likeness (QED) is 0.579. The number of ether oxygens (including phenoxy) is 1. The van der Waals surface area contributed by atoms with Crippen LogP contribution in [0.5, 0.6) is 5.75 Å². The molecule has 2 heterocycles. The van der Waals surface area contributed by atoms with E-state index >= 15 is 0 Å². The average Bonchev–Trinajstić information content (AvgIpc) is 3.03. The Balaban J connectivity index is 1.57. The molecule has 0 saturated carbocycles. The molecule has 4 aromatic rings. The van der Waals surface area contributed by atoms with Crippen LogP contribution in [0.15, 0.2) is 67.0 Å². The number of rotatable bonds is 2. The Morgan fingerprint density at radius 2 is 1.96 bits per heavy atom. The third-order valence-electron chi connectivity index (χ3n) is 3.60. The number of hydrogen-bond acceptors (Lipinski definition) is 3. The van der Waals surface area contributed by atoms with E-state index in [4.69, 9.17) is 4.74 Å². The third-order valence-corrected chi connectivity index (χ3v) is 3.60. The Kier molecular flexibility index (Phi) is 3.16. The summed E-state index contributed by atoms with van der Waals surface area (Å²) in [5.74, 6) is 0.434. The van der Waals surface area contributed by atoms with Gasteiger partial charge in [0, 0.05) is 34.4 Å². The Morgan fingerprint density at radius 1 is 1.04 bits per heavy atom. The Hall–Kier alpha value is -3.34. The van der Waals surface area contributed by atoms with E-state index in [1.165, 1.54) is 0 Å². The highest BCUT2D eigenvalue weighted by molar-refractivity contribution is 5.93. The molecule has 5 heteroatoms. The van der Waals surface area contributed by atoms with Crippen molar-refractivity contribution in [3.05, 3.63) is 67.0 Å². The first-order valence-corrected chi connectivity index (χ1v) is 7.19. The van der Waals surface area contributed by atoms with Gasteiger partial charge in [0.15, 0.2) is 5.75 Å². The van der Waals surface area contributed by atoms with Gasteiger partial charge < -0.3 is 9.72 Å². The van der Waals surface area contributed by atoms with Gasteiger partial charge in [0.1, 0.15) is 5.52 Å². The van der Waals surface area contributed by atoms with Gasteiger partial charge in [-0.25, -0.2) is 4.79 Å². The summed E-state index contributed by atoms with van der Waals surface area (Å²) in [6.45, 7) is 0. The summed E-state index contributed by atoms with van der Waals surface area (Å²) in [4.78, 5) is 19.5. The number of carbonyl (C=O) groups excluding carboxylic acids is 1. The van der Waals surface area contributed by atoms with Crippen molar-refractivity contribution < 1.29 is 9.53 Å². The third kappa shape index (κ3) is 2.60. The van der Waals surface area contributed by atoms with Crippen LogP contribution < -0.4 is 10.1 Å². The average molecular weight is 303 g/mol. The number of anilines is 1. The number of fused-ring (bicyclic) bond motifs is 2. The summed E-state index contributed by atoms with van der Waals surface area (Å²) in [5, 5.41) is 4.68. The molecule has 23 heavy (non-hydrogen) atoms. The van der Waals surface area contributed by atoms with Crippen molar-refractivity contribution in [3.63, 3.8) is 0 Å². The number of aromatic amines is 1. The minimum absolute atomic E-state index is 0.434. The molecular formula is C18H13N3O2. The van der Waals surface area contributed by atoms with Crippen LogP contribution in [0.4, 0.5) is 10.5 Å². The molecule has 112 valence electrons. The zero-order valence-corrected chi connectivity index (χ0v) is 12.1. The molecule has 0 atom stereocenters. The van der Waals surface area contributed by atoms with Crippen molar-refractivity contribution in [2.24, 2.45) is 0 Å². The minimum atomic E-state index is -0.543. The number of hydrogen-bond donors (Lipinski definition) is 2. The predicted molar refractivity (Wildman–Crippen MR) is 89.7 cm³/mol. The monoisotopic (exact) mass is 303 g/mol. The van der Waals surface area contributed by atoms with Crippen molar-refractivity contribution >= 4 is 33.6 Å². The molecule has 0 bridgehead atoms. The molecule has 0 aliphatic heterocycles. The van der Waals surface area contributed by atoms with E-state index in [1.54, 1.807) is 12.3 Å². The van der Waals surface area contributed by atoms with Crippen molar-refractivity contribution in [3.8, 4) is 5.75 Å². The molecule has 0 fully saturated rings. The predicted octanol–water partition coefficient (Wildman–Crippen LogP) is 4.33. The van der Waals surface area contributed by atoms with Crippen LogP contribution in [0.1, 0.15) is 0 Å². The fourth-order valence-corrected chi connectivity index (χ4v) is 2.53. The second-order valence-electron chi connectivity index (χ2n) is 5.13. The maximum absolute atomic E-state index is 12.1. The molecule has 0 aliphatic rings. The van der Waals surface area contributed by atoms with Crippen LogP contribution in [0.3, 0.4) is 0 Å². The molecule has 0 unspecified atom stereocenters. The highest BCUT2D eigenvalue weighted by atomic mass is 16.6. The fraction of sp³-hybridized carbons (Fsp3) is 0. The van der Waals surface area contributed by atoms with Gasteiger partial charge in [-0.1, -0.05) is 18.2 Å². The summed E-state index contributed by atoms with van der Waals surface area (Å²) >= 11 is 0. The lowest BCUT2D eigenvalue weighted by Gasteiger charge is -2.08. The first kappa shape index (κ1) is 13.3. The van der Waals surface area contributed by atoms with E-state index in [9.17, 15) is 4.79 Å². The van der Waals surface area contributed by atoms with Crippen LogP contribution in [-0.4, -0.2) is 16.1 Å². The molecular weight excluding hydrogens is 290 g/mol. The van der Waals surface area contributed by atoms with Gasteiger partial charge in [-0.3, -0.25) is 10.3 Å². The molecule has 2 aromatic carbocycles. The highest BCUT2D eigenvalue weighted by Gasteiger charge is 2.09. The SMILES string of the molecule is O=C(Nc1ccc2[nH]ccc2c1)Oc1cccc2cccnc12. The van der Waals surface area contributed by atoms with Crippen LogP contribution in [0.2, 0.25) is 0 Å². The number of benzene rings is 2. The molecule has 5 nitrogen and oxygen atoms in total. The first-order valence-electron chi connectivity index (χ1n) is 7.19. The number of amides is 1. The molecule has 1 amide bonds. The maximum Gasteiger partial charge on any atom is 0.417 e. The molecule has 0 radical (unpaired) electrons. The van der Waals surface area contributed by atoms with Gasteiger partial charge in [-0.15, -0.1) is 0 Å².